The third kappa shape index (κ3) is 4.50. The molecule has 3 amide bonds. The predicted molar refractivity (Wildman–Crippen MR) is 120 cm³/mol. The Bertz CT molecular complexity index is 975. The second kappa shape index (κ2) is 9.08. The number of nitrogens with zero attached hydrogens (tertiary/aromatic N) is 3. The van der Waals surface area contributed by atoms with E-state index in [-0.39, 0.29) is 31.3 Å². The van der Waals surface area contributed by atoms with Gasteiger partial charge in [-0.25, -0.2) is 4.79 Å². The fourth-order valence-corrected chi connectivity index (χ4v) is 4.55. The number of nitrogens with one attached hydrogen (secondary N) is 1. The molecule has 8 heteroatoms. The molecule has 2 saturated heterocycles. The highest BCUT2D eigenvalue weighted by Gasteiger charge is 2.32. The van der Waals surface area contributed by atoms with E-state index in [1.54, 1.807) is 9.80 Å². The van der Waals surface area contributed by atoms with Gasteiger partial charge in [-0.1, -0.05) is 30.3 Å². The number of piperidine rings is 1. The van der Waals surface area contributed by atoms with Crippen molar-refractivity contribution < 1.29 is 19.1 Å². The van der Waals surface area contributed by atoms with Crippen LogP contribution in [0.15, 0.2) is 48.5 Å². The van der Waals surface area contributed by atoms with E-state index in [0.717, 1.165) is 38.2 Å². The normalized spacial score (nSPS) is 18.9. The average molecular weight is 437 g/mol. The molecule has 0 unspecified atom stereocenters. The number of likely N-dealkylation sites (tertiary alicyclic amines) is 1. The van der Waals surface area contributed by atoms with E-state index in [1.807, 2.05) is 24.3 Å². The van der Waals surface area contributed by atoms with Crippen LogP contribution in [0, 0.1) is 0 Å². The van der Waals surface area contributed by atoms with Crippen LogP contribution >= 0.6 is 0 Å². The van der Waals surface area contributed by atoms with Gasteiger partial charge in [0.15, 0.2) is 11.5 Å². The van der Waals surface area contributed by atoms with Gasteiger partial charge in [0.25, 0.3) is 0 Å². The second-order valence-electron chi connectivity index (χ2n) is 8.50. The summed E-state index contributed by atoms with van der Waals surface area (Å²) >= 11 is 0. The molecule has 0 saturated carbocycles. The van der Waals surface area contributed by atoms with E-state index in [2.05, 4.69) is 34.5 Å². The standard InChI is InChI=1S/C24H28N4O4/c29-23(25-19-8-10-26(11-9-19)15-18-4-2-1-3-5-18)16-27-12-13-28(24(27)30)20-6-7-21-22(14-20)32-17-31-21/h1-7,14,19H,8-13,15-17H2,(H,25,29). The Morgan fingerprint density at radius 3 is 2.56 bits per heavy atom. The number of amides is 3. The Hall–Kier alpha value is -3.26. The molecule has 0 atom stereocenters. The minimum atomic E-state index is -0.156. The number of ether oxygens (including phenoxy) is 2. The maximum Gasteiger partial charge on any atom is 0.325 e. The molecule has 3 aliphatic heterocycles. The summed E-state index contributed by atoms with van der Waals surface area (Å²) in [6, 6.07) is 15.9. The highest BCUT2D eigenvalue weighted by atomic mass is 16.7. The molecule has 2 fully saturated rings. The van der Waals surface area contributed by atoms with Gasteiger partial charge in [-0.05, 0) is 30.5 Å². The predicted octanol–water partition coefficient (Wildman–Crippen LogP) is 2.44. The number of benzene rings is 2. The zero-order valence-corrected chi connectivity index (χ0v) is 18.0. The molecule has 168 valence electrons. The summed E-state index contributed by atoms with van der Waals surface area (Å²) < 4.78 is 10.7. The third-order valence-electron chi connectivity index (χ3n) is 6.30. The number of carbonyl (C=O) groups is 2. The number of urea groups is 1. The molecule has 5 rings (SSSR count). The monoisotopic (exact) mass is 436 g/mol. The fourth-order valence-electron chi connectivity index (χ4n) is 4.55. The largest absolute Gasteiger partial charge is 0.454 e. The van der Waals surface area contributed by atoms with Gasteiger partial charge in [0.2, 0.25) is 12.7 Å². The summed E-state index contributed by atoms with van der Waals surface area (Å²) in [6.45, 7) is 4.22. The molecule has 0 radical (unpaired) electrons. The van der Waals surface area contributed by atoms with Crippen molar-refractivity contribution in [1.82, 2.24) is 15.1 Å². The van der Waals surface area contributed by atoms with Crippen molar-refractivity contribution in [1.29, 1.82) is 0 Å². The van der Waals surface area contributed by atoms with Crippen LogP contribution in [0.25, 0.3) is 0 Å². The van der Waals surface area contributed by atoms with Gasteiger partial charge < -0.3 is 19.7 Å². The Kier molecular flexibility index (Phi) is 5.85. The first-order valence-electron chi connectivity index (χ1n) is 11.2. The van der Waals surface area contributed by atoms with Crippen molar-refractivity contribution in [2.24, 2.45) is 0 Å². The molecular formula is C24H28N4O4. The van der Waals surface area contributed by atoms with Crippen LogP contribution in [0.2, 0.25) is 0 Å². The fraction of sp³-hybridized carbons (Fsp3) is 0.417. The summed E-state index contributed by atoms with van der Waals surface area (Å²) in [4.78, 5) is 31.2. The van der Waals surface area contributed by atoms with Gasteiger partial charge in [0.05, 0.1) is 0 Å². The first-order valence-corrected chi connectivity index (χ1v) is 11.2. The molecule has 8 nitrogen and oxygen atoms in total. The first-order chi connectivity index (χ1) is 15.7. The van der Waals surface area contributed by atoms with E-state index in [9.17, 15) is 9.59 Å². The Morgan fingerprint density at radius 2 is 1.75 bits per heavy atom. The molecule has 2 aromatic carbocycles. The molecular weight excluding hydrogens is 408 g/mol. The van der Waals surface area contributed by atoms with Crippen LogP contribution in [0.5, 0.6) is 11.5 Å². The Labute approximate surface area is 187 Å². The van der Waals surface area contributed by atoms with Crippen LogP contribution in [0.4, 0.5) is 10.5 Å². The summed E-state index contributed by atoms with van der Waals surface area (Å²) in [5.41, 5.74) is 2.07. The average Bonchev–Trinajstić information content (AvgIpc) is 3.42. The minimum absolute atomic E-state index is 0.0874. The van der Waals surface area contributed by atoms with Crippen molar-refractivity contribution in [3.05, 3.63) is 54.1 Å². The molecule has 0 spiro atoms. The SMILES string of the molecule is O=C(CN1CCN(c2ccc3c(c2)OCO3)C1=O)NC1CCN(Cc2ccccc2)CC1. The molecule has 32 heavy (non-hydrogen) atoms. The first kappa shape index (κ1) is 20.6. The zero-order valence-electron chi connectivity index (χ0n) is 18.0. The molecule has 0 bridgehead atoms. The maximum absolute atomic E-state index is 12.8. The van der Waals surface area contributed by atoms with Gasteiger partial charge in [-0.3, -0.25) is 14.6 Å². The summed E-state index contributed by atoms with van der Waals surface area (Å²) in [6.07, 6.45) is 1.85. The zero-order chi connectivity index (χ0) is 21.9. The molecule has 1 N–H and O–H groups in total. The van der Waals surface area contributed by atoms with Crippen molar-refractivity contribution in [2.75, 3.05) is 44.4 Å². The second-order valence-corrected chi connectivity index (χ2v) is 8.50. The van der Waals surface area contributed by atoms with E-state index in [1.165, 1.54) is 5.56 Å². The number of hydrogen-bond acceptors (Lipinski definition) is 5. The number of hydrogen-bond donors (Lipinski definition) is 1. The van der Waals surface area contributed by atoms with E-state index >= 15 is 0 Å². The van der Waals surface area contributed by atoms with Crippen LogP contribution in [-0.2, 0) is 11.3 Å². The third-order valence-corrected chi connectivity index (χ3v) is 6.30. The van der Waals surface area contributed by atoms with Gasteiger partial charge in [-0.2, -0.15) is 0 Å². The smallest absolute Gasteiger partial charge is 0.325 e. The lowest BCUT2D eigenvalue weighted by atomic mass is 10.0. The lowest BCUT2D eigenvalue weighted by Gasteiger charge is -2.32. The van der Waals surface area contributed by atoms with Crippen molar-refractivity contribution in [2.45, 2.75) is 25.4 Å². The molecule has 0 aliphatic carbocycles. The van der Waals surface area contributed by atoms with Gasteiger partial charge in [0.1, 0.15) is 6.54 Å². The Balaban J connectivity index is 1.08. The van der Waals surface area contributed by atoms with Crippen LogP contribution in [-0.4, -0.2) is 67.3 Å². The maximum atomic E-state index is 12.8. The molecule has 2 aromatic rings. The summed E-state index contributed by atoms with van der Waals surface area (Å²) in [7, 11) is 0. The van der Waals surface area contributed by atoms with Gasteiger partial charge in [-0.15, -0.1) is 0 Å². The Morgan fingerprint density at radius 1 is 0.969 bits per heavy atom. The van der Waals surface area contributed by atoms with Crippen molar-refractivity contribution in [3.63, 3.8) is 0 Å². The van der Waals surface area contributed by atoms with Crippen molar-refractivity contribution >= 4 is 17.6 Å². The van der Waals surface area contributed by atoms with E-state index in [4.69, 9.17) is 9.47 Å². The number of anilines is 1. The highest BCUT2D eigenvalue weighted by molar-refractivity contribution is 5.96. The van der Waals surface area contributed by atoms with Crippen LogP contribution in [0.1, 0.15) is 18.4 Å². The minimum Gasteiger partial charge on any atom is -0.454 e. The van der Waals surface area contributed by atoms with Gasteiger partial charge in [0, 0.05) is 50.5 Å². The number of carbonyl (C=O) groups excluding carboxylic acids is 2. The molecule has 3 heterocycles. The molecule has 3 aliphatic rings. The van der Waals surface area contributed by atoms with Gasteiger partial charge >= 0.3 is 6.03 Å². The van der Waals surface area contributed by atoms with Crippen molar-refractivity contribution in [3.8, 4) is 11.5 Å². The van der Waals surface area contributed by atoms with E-state index < -0.39 is 0 Å². The number of fused-ring (bicyclic) bond motifs is 1. The summed E-state index contributed by atoms with van der Waals surface area (Å²) in [5, 5.41) is 3.12. The number of rotatable bonds is 6. The quantitative estimate of drug-likeness (QED) is 0.753. The molecule has 0 aromatic heterocycles. The topological polar surface area (TPSA) is 74.3 Å². The lowest BCUT2D eigenvalue weighted by Crippen LogP contribution is -2.47. The van der Waals surface area contributed by atoms with Crippen LogP contribution in [0.3, 0.4) is 0 Å². The lowest BCUT2D eigenvalue weighted by molar-refractivity contribution is -0.122. The van der Waals surface area contributed by atoms with E-state index in [0.29, 0.717) is 24.6 Å². The van der Waals surface area contributed by atoms with Crippen LogP contribution < -0.4 is 19.7 Å². The summed E-state index contributed by atoms with van der Waals surface area (Å²) in [5.74, 6) is 1.24. The highest BCUT2D eigenvalue weighted by Crippen LogP contribution is 2.36.